The zero-order chi connectivity index (χ0) is 49.9. The van der Waals surface area contributed by atoms with E-state index in [9.17, 15) is 19.2 Å². The number of carbonyl (C=O) groups excluding carboxylic acids is 5. The van der Waals surface area contributed by atoms with Gasteiger partial charge in [-0.05, 0) is 126 Å². The number of pyridine rings is 1. The van der Waals surface area contributed by atoms with Gasteiger partial charge in [0.2, 0.25) is 29.5 Å². The Morgan fingerprint density at radius 3 is 2.16 bits per heavy atom. The number of hydrogen-bond donors (Lipinski definition) is 2. The summed E-state index contributed by atoms with van der Waals surface area (Å²) in [6.07, 6.45) is 12.1. The molecule has 2 bridgehead atoms. The summed E-state index contributed by atoms with van der Waals surface area (Å²) in [5, 5.41) is 6.16. The fourth-order valence-corrected chi connectivity index (χ4v) is 14.2. The van der Waals surface area contributed by atoms with E-state index in [2.05, 4.69) is 74.9 Å². The highest BCUT2D eigenvalue weighted by molar-refractivity contribution is 6.09. The SMILES string of the molecule is CC(C)n1cnc2cc(-c3ccc4c(c3)N(C3CC(N5C6COC[C@@H]5C6)C3)C(=O)C43CCN(C(=O)C4(C)CCN(C(=O)C5CCN(c6ccc([C@H]7CCC(=O)NC7=O)cc6)CC5)CC4)CC3)nc(NC3CC3)c21. The first kappa shape index (κ1) is 46.9. The van der Waals surface area contributed by atoms with E-state index in [1.807, 2.05) is 40.4 Å². The molecule has 9 aliphatic rings. The molecule has 2 aromatic heterocycles. The minimum Gasteiger partial charge on any atom is -0.378 e. The Labute approximate surface area is 427 Å². The molecule has 2 saturated carbocycles. The van der Waals surface area contributed by atoms with Gasteiger partial charge in [-0.2, -0.15) is 0 Å². The summed E-state index contributed by atoms with van der Waals surface area (Å²) in [5.74, 6) is 0.598. The van der Waals surface area contributed by atoms with Gasteiger partial charge in [-0.3, -0.25) is 34.2 Å². The number of anilines is 3. The number of imide groups is 1. The zero-order valence-corrected chi connectivity index (χ0v) is 42.7. The average molecular weight is 991 g/mol. The van der Waals surface area contributed by atoms with E-state index in [0.717, 1.165) is 115 Å². The van der Waals surface area contributed by atoms with Gasteiger partial charge in [-0.1, -0.05) is 31.2 Å². The molecule has 2 aliphatic carbocycles. The predicted octanol–water partition coefficient (Wildman–Crippen LogP) is 6.53. The Morgan fingerprint density at radius 1 is 0.795 bits per heavy atom. The second-order valence-electron chi connectivity index (χ2n) is 23.7. The second kappa shape index (κ2) is 17.9. The highest BCUT2D eigenvalue weighted by Gasteiger charge is 2.58. The number of likely N-dealkylation sites (tertiary alicyclic amines) is 2. The number of carbonyl (C=O) groups is 5. The van der Waals surface area contributed by atoms with Crippen LogP contribution in [0, 0.1) is 11.3 Å². The lowest BCUT2D eigenvalue weighted by Gasteiger charge is -2.60. The standard InChI is InChI=1S/C57H70N10O6/c1-34(2)65-33-58-47-30-46(60-51(50(47)65)59-38-7-8-38)37-6-12-45-48(26-37)67(41-27-40(28-41)66-42-29-43(66)32-73-31-42)55(72)57(45)18-24-64(25-19-57)54(71)56(3)16-22-63(23-17-56)53(70)36-14-20-62(21-15-36)39-9-4-35(5-10-39)44-11-13-49(68)61-52(44)69/h4-6,9-10,12,26,30,33-34,36,38,40-44H,7-8,11,13-25,27-29,31-32H2,1-3H3,(H,59,60)(H,61,68,69)/t40?,41?,42-,43?,44+/m0/s1. The van der Waals surface area contributed by atoms with Crippen LogP contribution in [0.2, 0.25) is 0 Å². The largest absolute Gasteiger partial charge is 0.378 e. The van der Waals surface area contributed by atoms with E-state index >= 15 is 4.79 Å². The molecule has 2 N–H and O–H groups in total. The van der Waals surface area contributed by atoms with Crippen molar-refractivity contribution in [3.63, 3.8) is 0 Å². The molecule has 5 amide bonds. The van der Waals surface area contributed by atoms with Crippen molar-refractivity contribution in [2.24, 2.45) is 11.3 Å². The van der Waals surface area contributed by atoms with Crippen LogP contribution in [0.5, 0.6) is 0 Å². The third-order valence-corrected chi connectivity index (χ3v) is 18.9. The van der Waals surface area contributed by atoms with Crippen LogP contribution in [-0.2, 0) is 34.1 Å². The van der Waals surface area contributed by atoms with E-state index in [-0.39, 0.29) is 53.5 Å². The molecule has 7 aliphatic heterocycles. The molecule has 2 aromatic carbocycles. The maximum atomic E-state index is 15.3. The molecule has 8 fully saturated rings. The first-order valence-corrected chi connectivity index (χ1v) is 27.6. The van der Waals surface area contributed by atoms with Gasteiger partial charge < -0.3 is 34.2 Å². The molecule has 16 nitrogen and oxygen atoms in total. The molecular formula is C57H70N10O6. The smallest absolute Gasteiger partial charge is 0.238 e. The van der Waals surface area contributed by atoms with Gasteiger partial charge in [-0.15, -0.1) is 0 Å². The normalized spacial score (nSPS) is 28.1. The van der Waals surface area contributed by atoms with Gasteiger partial charge >= 0.3 is 0 Å². The van der Waals surface area contributed by atoms with Crippen molar-refractivity contribution in [3.05, 3.63) is 66.0 Å². The van der Waals surface area contributed by atoms with E-state index in [4.69, 9.17) is 14.7 Å². The highest BCUT2D eigenvalue weighted by Crippen LogP contribution is 2.53. The number of ether oxygens (including phenoxy) is 1. The molecule has 1 spiro atoms. The van der Waals surface area contributed by atoms with Crippen LogP contribution in [0.4, 0.5) is 17.2 Å². The van der Waals surface area contributed by atoms with Crippen molar-refractivity contribution in [1.82, 2.24) is 34.6 Å². The van der Waals surface area contributed by atoms with E-state index in [0.29, 0.717) is 88.9 Å². The number of rotatable bonds is 10. The Balaban J connectivity index is 0.673. The fraction of sp³-hybridized carbons (Fsp3) is 0.596. The van der Waals surface area contributed by atoms with Gasteiger partial charge in [0.1, 0.15) is 5.52 Å². The van der Waals surface area contributed by atoms with Crippen LogP contribution in [0.15, 0.2) is 54.9 Å². The molecule has 4 aromatic rings. The molecule has 3 atom stereocenters. The number of fused-ring (bicyclic) bond motifs is 5. The number of hydrogen-bond acceptors (Lipinski definition) is 11. The van der Waals surface area contributed by atoms with Crippen LogP contribution in [0.25, 0.3) is 22.3 Å². The summed E-state index contributed by atoms with van der Waals surface area (Å²) in [7, 11) is 0. The number of amides is 5. The van der Waals surface area contributed by atoms with Crippen molar-refractivity contribution in [3.8, 4) is 11.3 Å². The zero-order valence-electron chi connectivity index (χ0n) is 42.7. The lowest BCUT2D eigenvalue weighted by molar-refractivity contribution is -0.161. The quantitative estimate of drug-likeness (QED) is 0.166. The molecule has 16 heteroatoms. The Morgan fingerprint density at radius 2 is 1.49 bits per heavy atom. The summed E-state index contributed by atoms with van der Waals surface area (Å²) in [5.41, 5.74) is 6.57. The Kier molecular flexibility index (Phi) is 11.5. The molecule has 6 saturated heterocycles. The summed E-state index contributed by atoms with van der Waals surface area (Å²) >= 11 is 0. The molecular weight excluding hydrogens is 921 g/mol. The number of morpholine rings is 1. The lowest BCUT2D eigenvalue weighted by Crippen LogP contribution is -2.70. The topological polar surface area (TPSA) is 166 Å². The predicted molar refractivity (Wildman–Crippen MR) is 277 cm³/mol. The lowest BCUT2D eigenvalue weighted by atomic mass is 9.72. The van der Waals surface area contributed by atoms with Gasteiger partial charge in [0, 0.05) is 110 Å². The molecule has 0 radical (unpaired) electrons. The van der Waals surface area contributed by atoms with Gasteiger partial charge in [-0.25, -0.2) is 9.97 Å². The molecule has 384 valence electrons. The van der Waals surface area contributed by atoms with Crippen molar-refractivity contribution in [2.75, 3.05) is 67.6 Å². The Hall–Kier alpha value is -5.87. The summed E-state index contributed by atoms with van der Waals surface area (Å²) < 4.78 is 8.03. The highest BCUT2D eigenvalue weighted by atomic mass is 16.5. The fourth-order valence-electron chi connectivity index (χ4n) is 14.2. The number of piperidine rings is 4. The average Bonchev–Trinajstić information content (AvgIpc) is 4.06. The van der Waals surface area contributed by atoms with Crippen LogP contribution in [0.1, 0.15) is 127 Å². The van der Waals surface area contributed by atoms with E-state index in [1.165, 1.54) is 6.42 Å². The van der Waals surface area contributed by atoms with Crippen LogP contribution < -0.4 is 20.4 Å². The van der Waals surface area contributed by atoms with Crippen LogP contribution in [-0.4, -0.2) is 141 Å². The van der Waals surface area contributed by atoms with Gasteiger partial charge in [0.15, 0.2) is 5.82 Å². The molecule has 13 rings (SSSR count). The van der Waals surface area contributed by atoms with Crippen LogP contribution in [0.3, 0.4) is 0 Å². The summed E-state index contributed by atoms with van der Waals surface area (Å²) in [6, 6.07) is 19.0. The number of benzene rings is 2. The van der Waals surface area contributed by atoms with Crippen molar-refractivity contribution < 1.29 is 28.7 Å². The minimum absolute atomic E-state index is 0.0492. The van der Waals surface area contributed by atoms with E-state index in [1.54, 1.807) is 0 Å². The first-order valence-electron chi connectivity index (χ1n) is 27.6. The summed E-state index contributed by atoms with van der Waals surface area (Å²) in [6.45, 7) is 11.8. The monoisotopic (exact) mass is 991 g/mol. The van der Waals surface area contributed by atoms with Gasteiger partial charge in [0.25, 0.3) is 0 Å². The number of imidazole rings is 1. The third-order valence-electron chi connectivity index (χ3n) is 18.9. The number of nitrogens with one attached hydrogen (secondary N) is 2. The van der Waals surface area contributed by atoms with Crippen molar-refractivity contribution in [2.45, 2.75) is 152 Å². The maximum absolute atomic E-state index is 15.3. The Bertz CT molecular complexity index is 2850. The van der Waals surface area contributed by atoms with Crippen molar-refractivity contribution >= 4 is 57.8 Å². The third kappa shape index (κ3) is 8.02. The van der Waals surface area contributed by atoms with Crippen molar-refractivity contribution in [1.29, 1.82) is 0 Å². The molecule has 73 heavy (non-hydrogen) atoms. The summed E-state index contributed by atoms with van der Waals surface area (Å²) in [4.78, 5) is 89.3. The van der Waals surface area contributed by atoms with E-state index < -0.39 is 10.8 Å². The molecule has 9 heterocycles. The second-order valence-corrected chi connectivity index (χ2v) is 23.7. The van der Waals surface area contributed by atoms with Crippen LogP contribution >= 0.6 is 0 Å². The van der Waals surface area contributed by atoms with Gasteiger partial charge in [0.05, 0.1) is 42.1 Å². The maximum Gasteiger partial charge on any atom is 0.238 e. The number of aromatic nitrogens is 3. The molecule has 1 unspecified atom stereocenters. The number of nitrogens with zero attached hydrogens (tertiary/aromatic N) is 8. The first-order chi connectivity index (χ1) is 35.3. The minimum atomic E-state index is -0.700.